The monoisotopic (exact) mass is 521 g/mol. The van der Waals surface area contributed by atoms with Crippen molar-refractivity contribution in [3.05, 3.63) is 53.0 Å². The molecule has 1 unspecified atom stereocenters. The topological polar surface area (TPSA) is 94.4 Å². The lowest BCUT2D eigenvalue weighted by molar-refractivity contribution is -0.611. The van der Waals surface area contributed by atoms with E-state index >= 15 is 0 Å². The molecule has 37 heavy (non-hydrogen) atoms. The van der Waals surface area contributed by atoms with Gasteiger partial charge in [0.05, 0.1) is 11.5 Å². The molecule has 1 aromatic heterocycles. The Morgan fingerprint density at radius 3 is 2.16 bits per heavy atom. The number of hydrogen-bond acceptors (Lipinski definition) is 4. The number of anilines is 1. The number of halogens is 3. The highest BCUT2D eigenvalue weighted by molar-refractivity contribution is 5.97. The van der Waals surface area contributed by atoms with Gasteiger partial charge in [0, 0.05) is 18.7 Å². The van der Waals surface area contributed by atoms with E-state index in [0.29, 0.717) is 11.4 Å². The number of hydrogen-bond donors (Lipinski definition) is 2. The Kier molecular flexibility index (Phi) is 8.39. The smallest absolute Gasteiger partial charge is 0.408 e. The summed E-state index contributed by atoms with van der Waals surface area (Å²) >= 11 is 0. The lowest BCUT2D eigenvalue weighted by atomic mass is 9.78. The van der Waals surface area contributed by atoms with Crippen LogP contribution in [-0.2, 0) is 9.53 Å². The Morgan fingerprint density at radius 2 is 1.62 bits per heavy atom. The van der Waals surface area contributed by atoms with Crippen LogP contribution in [0.5, 0.6) is 0 Å². The van der Waals surface area contributed by atoms with Crippen LogP contribution < -0.4 is 15.4 Å². The number of aromatic nitrogens is 1. The minimum Gasteiger partial charge on any atom is -0.618 e. The minimum atomic E-state index is -4.27. The van der Waals surface area contributed by atoms with Crippen molar-refractivity contribution < 1.29 is 32.2 Å². The summed E-state index contributed by atoms with van der Waals surface area (Å²) in [5.41, 5.74) is 2.72. The van der Waals surface area contributed by atoms with Crippen LogP contribution in [0.3, 0.4) is 0 Å². The first-order valence-electron chi connectivity index (χ1n) is 12.3. The normalized spacial score (nSPS) is 19.1. The molecule has 1 aromatic carbocycles. The van der Waals surface area contributed by atoms with Crippen molar-refractivity contribution in [1.29, 1.82) is 0 Å². The predicted octanol–water partition coefficient (Wildman–Crippen LogP) is 5.80. The fourth-order valence-electron chi connectivity index (χ4n) is 4.76. The Hall–Kier alpha value is -3.30. The fraction of sp³-hybridized carbons (Fsp3) is 0.519. The second kappa shape index (κ2) is 11.0. The highest BCUT2D eigenvalue weighted by atomic mass is 19.4. The average Bonchev–Trinajstić information content (AvgIpc) is 2.79. The Labute approximate surface area is 215 Å². The maximum absolute atomic E-state index is 13.3. The second-order valence-electron chi connectivity index (χ2n) is 10.6. The molecule has 2 N–H and O–H groups in total. The van der Waals surface area contributed by atoms with Crippen LogP contribution >= 0.6 is 0 Å². The molecule has 202 valence electrons. The highest BCUT2D eigenvalue weighted by Gasteiger charge is 2.44. The first-order chi connectivity index (χ1) is 17.2. The van der Waals surface area contributed by atoms with Gasteiger partial charge >= 0.3 is 12.3 Å². The molecule has 1 saturated carbocycles. The van der Waals surface area contributed by atoms with Crippen LogP contribution in [0.1, 0.15) is 57.7 Å². The van der Waals surface area contributed by atoms with Gasteiger partial charge in [0.25, 0.3) is 0 Å². The number of ether oxygens (including phenoxy) is 1. The van der Waals surface area contributed by atoms with Gasteiger partial charge in [0.2, 0.25) is 5.91 Å². The van der Waals surface area contributed by atoms with E-state index in [1.807, 2.05) is 6.92 Å². The lowest BCUT2D eigenvalue weighted by Crippen LogP contribution is -2.51. The van der Waals surface area contributed by atoms with Crippen molar-refractivity contribution in [2.75, 3.05) is 5.32 Å². The molecule has 3 rings (SSSR count). The van der Waals surface area contributed by atoms with Crippen molar-refractivity contribution in [3.8, 4) is 11.1 Å². The molecule has 7 nitrogen and oxygen atoms in total. The SMILES string of the molecule is Cc1cc[n+]([O-])c(C)c1-c1ccc(NC(=O)C(NC(=O)OC(C)(C)C)C2CCC(C(F)(F)F)CC2)cc1. The molecule has 1 atom stereocenters. The van der Waals surface area contributed by atoms with Gasteiger partial charge in [0.1, 0.15) is 11.6 Å². The van der Waals surface area contributed by atoms with E-state index in [0.717, 1.165) is 21.4 Å². The number of rotatable bonds is 5. The number of aryl methyl sites for hydroxylation is 1. The summed E-state index contributed by atoms with van der Waals surface area (Å²) < 4.78 is 45.5. The van der Waals surface area contributed by atoms with E-state index in [2.05, 4.69) is 10.6 Å². The maximum atomic E-state index is 13.3. The van der Waals surface area contributed by atoms with Crippen molar-refractivity contribution in [2.24, 2.45) is 11.8 Å². The Balaban J connectivity index is 1.77. The zero-order chi connectivity index (χ0) is 27.5. The molecule has 2 aromatic rings. The molecule has 2 amide bonds. The van der Waals surface area contributed by atoms with Crippen molar-refractivity contribution >= 4 is 17.7 Å². The zero-order valence-corrected chi connectivity index (χ0v) is 21.7. The maximum Gasteiger partial charge on any atom is 0.408 e. The molecule has 1 aliphatic carbocycles. The van der Waals surface area contributed by atoms with Gasteiger partial charge in [-0.3, -0.25) is 4.79 Å². The van der Waals surface area contributed by atoms with Gasteiger partial charge in [0.15, 0.2) is 11.9 Å². The van der Waals surface area contributed by atoms with Gasteiger partial charge < -0.3 is 20.6 Å². The first kappa shape index (κ1) is 28.3. The van der Waals surface area contributed by atoms with E-state index in [4.69, 9.17) is 4.74 Å². The number of carbonyl (C=O) groups is 2. The van der Waals surface area contributed by atoms with E-state index < -0.39 is 41.7 Å². The molecule has 0 radical (unpaired) electrons. The highest BCUT2D eigenvalue weighted by Crippen LogP contribution is 2.40. The first-order valence-corrected chi connectivity index (χ1v) is 12.3. The molecule has 1 fully saturated rings. The molecule has 10 heteroatoms. The standard InChI is InChI=1S/C27H34F3N3O4/c1-16-14-15-33(36)17(2)22(16)18-8-12-21(13-9-18)31-24(34)23(32-25(35)37-26(3,4)5)19-6-10-20(11-7-19)27(28,29)30/h8-9,12-15,19-20,23H,6-7,10-11H2,1-5H3,(H,31,34)(H,32,35). The third-order valence-electron chi connectivity index (χ3n) is 6.65. The molecule has 1 aliphatic rings. The number of amides is 2. The summed E-state index contributed by atoms with van der Waals surface area (Å²) in [6.07, 6.45) is -3.53. The number of benzene rings is 1. The predicted molar refractivity (Wildman–Crippen MR) is 134 cm³/mol. The minimum absolute atomic E-state index is 0.0991. The van der Waals surface area contributed by atoms with Crippen LogP contribution in [0.25, 0.3) is 11.1 Å². The molecule has 0 bridgehead atoms. The summed E-state index contributed by atoms with van der Waals surface area (Å²) in [7, 11) is 0. The molecular formula is C27H34F3N3O4. The molecular weight excluding hydrogens is 487 g/mol. The van der Waals surface area contributed by atoms with E-state index in [9.17, 15) is 28.0 Å². The second-order valence-corrected chi connectivity index (χ2v) is 10.6. The molecule has 0 saturated heterocycles. The van der Waals surface area contributed by atoms with Crippen LogP contribution in [0, 0.1) is 30.9 Å². The number of carbonyl (C=O) groups excluding carboxylic acids is 2. The largest absolute Gasteiger partial charge is 0.618 e. The van der Waals surface area contributed by atoms with Crippen molar-refractivity contribution in [2.45, 2.75) is 78.1 Å². The molecule has 0 spiro atoms. The quantitative estimate of drug-likeness (QED) is 0.384. The van der Waals surface area contributed by atoms with Crippen molar-refractivity contribution in [3.63, 3.8) is 0 Å². The van der Waals surface area contributed by atoms with Gasteiger partial charge in [-0.25, -0.2) is 4.79 Å². The van der Waals surface area contributed by atoms with Crippen LogP contribution in [0.15, 0.2) is 36.5 Å². The third-order valence-corrected chi connectivity index (χ3v) is 6.65. The lowest BCUT2D eigenvalue weighted by Gasteiger charge is -2.34. The van der Waals surface area contributed by atoms with Crippen LogP contribution in [0.2, 0.25) is 0 Å². The van der Waals surface area contributed by atoms with Crippen molar-refractivity contribution in [1.82, 2.24) is 5.32 Å². The number of nitrogens with zero attached hydrogens (tertiary/aromatic N) is 1. The van der Waals surface area contributed by atoms with Crippen LogP contribution in [0.4, 0.5) is 23.7 Å². The molecule has 0 aliphatic heterocycles. The fourth-order valence-corrected chi connectivity index (χ4v) is 4.76. The van der Waals surface area contributed by atoms with E-state index in [1.54, 1.807) is 58.0 Å². The summed E-state index contributed by atoms with van der Waals surface area (Å²) in [4.78, 5) is 25.7. The van der Waals surface area contributed by atoms with E-state index in [1.165, 1.54) is 6.20 Å². The Bertz CT molecular complexity index is 1120. The van der Waals surface area contributed by atoms with Gasteiger partial charge in [-0.1, -0.05) is 12.1 Å². The van der Waals surface area contributed by atoms with E-state index in [-0.39, 0.29) is 25.7 Å². The zero-order valence-electron chi connectivity index (χ0n) is 21.7. The summed E-state index contributed by atoms with van der Waals surface area (Å²) in [5, 5.41) is 17.4. The Morgan fingerprint density at radius 1 is 1.03 bits per heavy atom. The van der Waals surface area contributed by atoms with Gasteiger partial charge in [-0.2, -0.15) is 17.9 Å². The summed E-state index contributed by atoms with van der Waals surface area (Å²) in [5.74, 6) is -2.40. The molecule has 1 heterocycles. The average molecular weight is 522 g/mol. The third kappa shape index (κ3) is 7.36. The van der Waals surface area contributed by atoms with Gasteiger partial charge in [-0.05, 0) is 82.6 Å². The summed E-state index contributed by atoms with van der Waals surface area (Å²) in [6.45, 7) is 8.68. The number of alkyl halides is 3. The number of nitrogens with one attached hydrogen (secondary N) is 2. The van der Waals surface area contributed by atoms with Gasteiger partial charge in [-0.15, -0.1) is 0 Å². The van der Waals surface area contributed by atoms with Crippen LogP contribution in [-0.4, -0.2) is 29.8 Å². The summed E-state index contributed by atoms with van der Waals surface area (Å²) in [6, 6.07) is 7.58. The number of pyridine rings is 1. The number of alkyl carbamates (subject to hydrolysis) is 1.